The molecule has 1 aliphatic rings. The number of aromatic nitrogens is 1. The van der Waals surface area contributed by atoms with Crippen LogP contribution in [0.3, 0.4) is 0 Å². The van der Waals surface area contributed by atoms with Crippen LogP contribution in [0.2, 0.25) is 0 Å². The van der Waals surface area contributed by atoms with Crippen molar-refractivity contribution >= 4 is 32.2 Å². The molecule has 4 rings (SSSR count). The molecule has 0 unspecified atom stereocenters. The third kappa shape index (κ3) is 4.09. The molecular formula is C21H23N5O3S. The lowest BCUT2D eigenvalue weighted by Crippen LogP contribution is -2.39. The molecular weight excluding hydrogens is 402 g/mol. The average Bonchev–Trinajstić information content (AvgIpc) is 3.13. The van der Waals surface area contributed by atoms with E-state index >= 15 is 0 Å². The Balaban J connectivity index is 1.62. The molecule has 3 aromatic rings. The zero-order chi connectivity index (χ0) is 21.1. The highest BCUT2D eigenvalue weighted by molar-refractivity contribution is 7.92. The van der Waals surface area contributed by atoms with Crippen LogP contribution in [0, 0.1) is 0 Å². The Morgan fingerprint density at radius 3 is 2.83 bits per heavy atom. The molecule has 8 nitrogen and oxygen atoms in total. The molecule has 2 aromatic carbocycles. The molecule has 1 aromatic heterocycles. The van der Waals surface area contributed by atoms with Gasteiger partial charge in [-0.2, -0.15) is 0 Å². The van der Waals surface area contributed by atoms with Crippen LogP contribution in [-0.2, 0) is 14.8 Å². The lowest BCUT2D eigenvalue weighted by atomic mass is 10.1. The van der Waals surface area contributed by atoms with Gasteiger partial charge in [-0.3, -0.25) is 14.7 Å². The van der Waals surface area contributed by atoms with E-state index in [1.54, 1.807) is 53.9 Å². The summed E-state index contributed by atoms with van der Waals surface area (Å²) in [5, 5.41) is 5.25. The highest BCUT2D eigenvalue weighted by atomic mass is 32.2. The van der Waals surface area contributed by atoms with E-state index in [1.165, 1.54) is 0 Å². The van der Waals surface area contributed by atoms with Gasteiger partial charge in [0, 0.05) is 43.0 Å². The first kappa shape index (κ1) is 20.1. The fourth-order valence-electron chi connectivity index (χ4n) is 3.26. The molecule has 0 saturated heterocycles. The number of ether oxygens (including phenoxy) is 1. The Bertz CT molecular complexity index is 1190. The monoisotopic (exact) mass is 425 g/mol. The van der Waals surface area contributed by atoms with Crippen LogP contribution in [0.5, 0.6) is 0 Å². The normalized spacial score (nSPS) is 14.6. The molecule has 0 spiro atoms. The van der Waals surface area contributed by atoms with E-state index in [-0.39, 0.29) is 4.90 Å². The summed E-state index contributed by atoms with van der Waals surface area (Å²) in [5.41, 5.74) is 5.29. The second-order valence-corrected chi connectivity index (χ2v) is 8.46. The SMILES string of the molecule is CCOCC1=CN(c2cccc(S(=O)(=O)Nc3cccc4cnccc34)c2)N(C)N1. The van der Waals surface area contributed by atoms with Crippen molar-refractivity contribution in [1.29, 1.82) is 0 Å². The Labute approximate surface area is 175 Å². The van der Waals surface area contributed by atoms with Crippen molar-refractivity contribution in [2.45, 2.75) is 11.8 Å². The van der Waals surface area contributed by atoms with Gasteiger partial charge in [0.05, 0.1) is 28.6 Å². The molecule has 0 atom stereocenters. The smallest absolute Gasteiger partial charge is 0.261 e. The predicted octanol–water partition coefficient (Wildman–Crippen LogP) is 3.08. The molecule has 0 amide bonds. The maximum atomic E-state index is 13.1. The summed E-state index contributed by atoms with van der Waals surface area (Å²) < 4.78 is 34.3. The van der Waals surface area contributed by atoms with E-state index in [0.717, 1.165) is 16.5 Å². The van der Waals surface area contributed by atoms with Gasteiger partial charge in [0.1, 0.15) is 0 Å². The van der Waals surface area contributed by atoms with Crippen molar-refractivity contribution in [2.24, 2.45) is 0 Å². The number of hydrogen-bond donors (Lipinski definition) is 2. The largest absolute Gasteiger partial charge is 0.375 e. The third-order valence-corrected chi connectivity index (χ3v) is 6.05. The number of rotatable bonds is 7. The molecule has 156 valence electrons. The van der Waals surface area contributed by atoms with Gasteiger partial charge in [0.2, 0.25) is 0 Å². The number of benzene rings is 2. The molecule has 30 heavy (non-hydrogen) atoms. The summed E-state index contributed by atoms with van der Waals surface area (Å²) in [4.78, 5) is 4.26. The van der Waals surface area contributed by atoms with Gasteiger partial charge in [-0.05, 0) is 37.3 Å². The van der Waals surface area contributed by atoms with Crippen molar-refractivity contribution in [3.63, 3.8) is 0 Å². The first-order valence-corrected chi connectivity index (χ1v) is 11.0. The summed E-state index contributed by atoms with van der Waals surface area (Å²) in [6.07, 6.45) is 5.23. The topological polar surface area (TPSA) is 86.8 Å². The van der Waals surface area contributed by atoms with Crippen LogP contribution in [-0.4, -0.2) is 38.8 Å². The Kier molecular flexibility index (Phi) is 5.58. The van der Waals surface area contributed by atoms with E-state index in [0.29, 0.717) is 24.6 Å². The van der Waals surface area contributed by atoms with Crippen LogP contribution in [0.4, 0.5) is 11.4 Å². The first-order valence-electron chi connectivity index (χ1n) is 9.51. The number of hydrazine groups is 2. The van der Waals surface area contributed by atoms with Crippen molar-refractivity contribution in [3.05, 3.63) is 72.8 Å². The minimum atomic E-state index is -3.78. The van der Waals surface area contributed by atoms with Crippen molar-refractivity contribution < 1.29 is 13.2 Å². The molecule has 0 aliphatic carbocycles. The van der Waals surface area contributed by atoms with Gasteiger partial charge in [-0.15, -0.1) is 5.12 Å². The number of anilines is 2. The molecule has 0 fully saturated rings. The molecule has 2 heterocycles. The summed E-state index contributed by atoms with van der Waals surface area (Å²) in [6.45, 7) is 3.00. The van der Waals surface area contributed by atoms with E-state index in [2.05, 4.69) is 15.1 Å². The van der Waals surface area contributed by atoms with Gasteiger partial charge in [-0.1, -0.05) is 18.2 Å². The highest BCUT2D eigenvalue weighted by Gasteiger charge is 2.22. The van der Waals surface area contributed by atoms with Crippen LogP contribution < -0.4 is 15.2 Å². The first-order chi connectivity index (χ1) is 14.5. The van der Waals surface area contributed by atoms with E-state index in [1.807, 2.05) is 37.3 Å². The second kappa shape index (κ2) is 8.31. The number of nitrogens with zero attached hydrogens (tertiary/aromatic N) is 3. The Morgan fingerprint density at radius 2 is 2.00 bits per heavy atom. The van der Waals surface area contributed by atoms with E-state index in [4.69, 9.17) is 4.74 Å². The van der Waals surface area contributed by atoms with Crippen LogP contribution in [0.25, 0.3) is 10.8 Å². The van der Waals surface area contributed by atoms with Gasteiger partial charge >= 0.3 is 0 Å². The number of hydrogen-bond acceptors (Lipinski definition) is 7. The van der Waals surface area contributed by atoms with Crippen LogP contribution in [0.1, 0.15) is 6.92 Å². The molecule has 1 aliphatic heterocycles. The molecule has 9 heteroatoms. The maximum absolute atomic E-state index is 13.1. The second-order valence-electron chi connectivity index (χ2n) is 6.78. The lowest BCUT2D eigenvalue weighted by Gasteiger charge is -2.25. The maximum Gasteiger partial charge on any atom is 0.261 e. The summed E-state index contributed by atoms with van der Waals surface area (Å²) in [7, 11) is -1.94. The predicted molar refractivity (Wildman–Crippen MR) is 117 cm³/mol. The fraction of sp³-hybridized carbons (Fsp3) is 0.190. The van der Waals surface area contributed by atoms with Crippen LogP contribution in [0.15, 0.2) is 77.7 Å². The van der Waals surface area contributed by atoms with E-state index in [9.17, 15) is 8.42 Å². The van der Waals surface area contributed by atoms with Gasteiger partial charge in [-0.25, -0.2) is 8.42 Å². The van der Waals surface area contributed by atoms with Gasteiger partial charge < -0.3 is 10.2 Å². The number of sulfonamides is 1. The summed E-state index contributed by atoms with van der Waals surface area (Å²) in [6, 6.07) is 14.0. The average molecular weight is 426 g/mol. The minimum Gasteiger partial charge on any atom is -0.375 e. The zero-order valence-corrected chi connectivity index (χ0v) is 17.6. The molecule has 2 N–H and O–H groups in total. The Morgan fingerprint density at radius 1 is 1.17 bits per heavy atom. The third-order valence-electron chi connectivity index (χ3n) is 4.69. The molecule has 0 saturated carbocycles. The zero-order valence-electron chi connectivity index (χ0n) is 16.7. The fourth-order valence-corrected chi connectivity index (χ4v) is 4.38. The number of fused-ring (bicyclic) bond motifs is 1. The summed E-state index contributed by atoms with van der Waals surface area (Å²) >= 11 is 0. The van der Waals surface area contributed by atoms with Crippen LogP contribution >= 0.6 is 0 Å². The number of nitrogens with one attached hydrogen (secondary N) is 2. The Hall–Kier alpha value is -3.14. The van der Waals surface area contributed by atoms with Gasteiger partial charge in [0.25, 0.3) is 10.0 Å². The highest BCUT2D eigenvalue weighted by Crippen LogP contribution is 2.27. The lowest BCUT2D eigenvalue weighted by molar-refractivity contribution is 0.158. The standard InChI is InChI=1S/C21H23N5O3S/c1-3-29-15-17-14-26(25(2)23-17)18-7-5-8-19(12-18)30(27,28)24-21-9-4-6-16-13-22-11-10-20(16)21/h4-14,23-24H,3,15H2,1-2H3. The quantitative estimate of drug-likeness (QED) is 0.602. The van der Waals surface area contributed by atoms with Crippen molar-refractivity contribution in [1.82, 2.24) is 15.5 Å². The minimum absolute atomic E-state index is 0.172. The summed E-state index contributed by atoms with van der Waals surface area (Å²) in [5.74, 6) is 0. The molecule has 0 bridgehead atoms. The van der Waals surface area contributed by atoms with Crippen molar-refractivity contribution in [2.75, 3.05) is 30.0 Å². The number of pyridine rings is 1. The van der Waals surface area contributed by atoms with Crippen molar-refractivity contribution in [3.8, 4) is 0 Å². The molecule has 0 radical (unpaired) electrons. The van der Waals surface area contributed by atoms with E-state index < -0.39 is 10.0 Å². The van der Waals surface area contributed by atoms with Gasteiger partial charge in [0.15, 0.2) is 0 Å².